The molecule has 120 valence electrons. The molecule has 1 aliphatic carbocycles. The standard InChI is InChI=1S/C14H24N2O3S2/c1-16(13-5-3-11(8-17)4-6-13)7-12-9-20-14(15-12)10-21(2,18)19/h9,11,13,17H,3-8,10H2,1-2H3. The van der Waals surface area contributed by atoms with Gasteiger partial charge in [-0.15, -0.1) is 11.3 Å². The van der Waals surface area contributed by atoms with Crippen LogP contribution in [0, 0.1) is 5.92 Å². The van der Waals surface area contributed by atoms with Crippen molar-refractivity contribution >= 4 is 21.2 Å². The van der Waals surface area contributed by atoms with Gasteiger partial charge in [-0.05, 0) is 38.6 Å². The topological polar surface area (TPSA) is 70.5 Å². The van der Waals surface area contributed by atoms with Crippen LogP contribution in [0.1, 0.15) is 36.4 Å². The summed E-state index contributed by atoms with van der Waals surface area (Å²) in [7, 11) is -0.914. The molecule has 0 amide bonds. The minimum absolute atomic E-state index is 0.0307. The van der Waals surface area contributed by atoms with Crippen molar-refractivity contribution in [1.29, 1.82) is 0 Å². The minimum atomic E-state index is -3.01. The number of rotatable bonds is 6. The summed E-state index contributed by atoms with van der Waals surface area (Å²) in [6.07, 6.45) is 5.63. The zero-order valence-electron chi connectivity index (χ0n) is 12.7. The van der Waals surface area contributed by atoms with Gasteiger partial charge in [0.25, 0.3) is 0 Å². The average Bonchev–Trinajstić information content (AvgIpc) is 2.83. The first-order chi connectivity index (χ1) is 9.87. The maximum absolute atomic E-state index is 11.3. The van der Waals surface area contributed by atoms with Gasteiger partial charge in [0.2, 0.25) is 0 Å². The highest BCUT2D eigenvalue weighted by Gasteiger charge is 2.24. The Hall–Kier alpha value is -0.500. The predicted molar refractivity (Wildman–Crippen MR) is 85.0 cm³/mol. The van der Waals surface area contributed by atoms with Crippen molar-refractivity contribution in [1.82, 2.24) is 9.88 Å². The van der Waals surface area contributed by atoms with Crippen molar-refractivity contribution in [3.8, 4) is 0 Å². The fraction of sp³-hybridized carbons (Fsp3) is 0.786. The first-order valence-electron chi connectivity index (χ1n) is 7.29. The van der Waals surface area contributed by atoms with E-state index in [9.17, 15) is 13.5 Å². The van der Waals surface area contributed by atoms with Crippen LogP contribution in [-0.4, -0.2) is 49.4 Å². The first-order valence-corrected chi connectivity index (χ1v) is 10.2. The molecule has 0 saturated heterocycles. The van der Waals surface area contributed by atoms with Gasteiger partial charge in [-0.1, -0.05) is 0 Å². The SMILES string of the molecule is CN(Cc1csc(CS(C)(=O)=O)n1)C1CCC(CO)CC1. The van der Waals surface area contributed by atoms with Crippen molar-refractivity contribution in [3.05, 3.63) is 16.1 Å². The van der Waals surface area contributed by atoms with E-state index < -0.39 is 9.84 Å². The van der Waals surface area contributed by atoms with Crippen LogP contribution in [0.5, 0.6) is 0 Å². The first kappa shape index (κ1) is 16.9. The summed E-state index contributed by atoms with van der Waals surface area (Å²) in [5.74, 6) is 0.499. The largest absolute Gasteiger partial charge is 0.396 e. The van der Waals surface area contributed by atoms with Crippen LogP contribution in [0.3, 0.4) is 0 Å². The third-order valence-corrected chi connectivity index (χ3v) is 5.97. The highest BCUT2D eigenvalue weighted by Crippen LogP contribution is 2.27. The summed E-state index contributed by atoms with van der Waals surface area (Å²) in [6.45, 7) is 1.06. The Kier molecular flexibility index (Phi) is 5.76. The Balaban J connectivity index is 1.87. The second-order valence-electron chi connectivity index (χ2n) is 6.07. The van der Waals surface area contributed by atoms with Crippen LogP contribution in [0.25, 0.3) is 0 Å². The molecule has 7 heteroatoms. The number of nitrogens with zero attached hydrogens (tertiary/aromatic N) is 2. The van der Waals surface area contributed by atoms with Gasteiger partial charge in [0, 0.05) is 30.8 Å². The zero-order valence-corrected chi connectivity index (χ0v) is 14.3. The summed E-state index contributed by atoms with van der Waals surface area (Å²) < 4.78 is 22.5. The van der Waals surface area contributed by atoms with Crippen LogP contribution in [0.2, 0.25) is 0 Å². The summed E-state index contributed by atoms with van der Waals surface area (Å²) in [4.78, 5) is 6.72. The lowest BCUT2D eigenvalue weighted by molar-refractivity contribution is 0.123. The average molecular weight is 332 g/mol. The smallest absolute Gasteiger partial charge is 0.153 e. The molecule has 0 spiro atoms. The molecule has 1 aromatic rings. The van der Waals surface area contributed by atoms with Crippen molar-refractivity contribution in [3.63, 3.8) is 0 Å². The second-order valence-corrected chi connectivity index (χ2v) is 9.16. The molecule has 21 heavy (non-hydrogen) atoms. The molecule has 0 atom stereocenters. The van der Waals surface area contributed by atoms with Gasteiger partial charge in [-0.25, -0.2) is 13.4 Å². The van der Waals surface area contributed by atoms with E-state index in [1.165, 1.54) is 17.6 Å². The molecule has 1 N–H and O–H groups in total. The van der Waals surface area contributed by atoms with Gasteiger partial charge in [-0.3, -0.25) is 4.90 Å². The molecular formula is C14H24N2O3S2. The lowest BCUT2D eigenvalue weighted by Gasteiger charge is -2.33. The van der Waals surface area contributed by atoms with E-state index in [1.54, 1.807) is 0 Å². The number of sulfone groups is 1. The van der Waals surface area contributed by atoms with Crippen molar-refractivity contribution in [2.75, 3.05) is 19.9 Å². The Morgan fingerprint density at radius 1 is 1.38 bits per heavy atom. The van der Waals surface area contributed by atoms with E-state index in [4.69, 9.17) is 0 Å². The van der Waals surface area contributed by atoms with Gasteiger partial charge < -0.3 is 5.11 Å². The summed E-state index contributed by atoms with van der Waals surface area (Å²) in [6, 6.07) is 0.535. The van der Waals surface area contributed by atoms with Crippen molar-refractivity contribution in [2.45, 2.75) is 44.0 Å². The third kappa shape index (κ3) is 5.32. The zero-order chi connectivity index (χ0) is 15.5. The Morgan fingerprint density at radius 2 is 2.05 bits per heavy atom. The van der Waals surface area contributed by atoms with Gasteiger partial charge in [0.05, 0.1) is 5.69 Å². The molecule has 0 bridgehead atoms. The molecule has 1 heterocycles. The highest BCUT2D eigenvalue weighted by atomic mass is 32.2. The lowest BCUT2D eigenvalue weighted by Crippen LogP contribution is -2.35. The molecule has 0 radical (unpaired) electrons. The van der Waals surface area contributed by atoms with Crippen LogP contribution in [0.4, 0.5) is 0 Å². The van der Waals surface area contributed by atoms with Crippen LogP contribution < -0.4 is 0 Å². The van der Waals surface area contributed by atoms with Gasteiger partial charge >= 0.3 is 0 Å². The molecule has 1 saturated carbocycles. The maximum atomic E-state index is 11.3. The monoisotopic (exact) mass is 332 g/mol. The fourth-order valence-corrected chi connectivity index (χ4v) is 4.86. The number of thiazole rings is 1. The minimum Gasteiger partial charge on any atom is -0.396 e. The summed E-state index contributed by atoms with van der Waals surface area (Å²) >= 11 is 1.42. The van der Waals surface area contributed by atoms with Gasteiger partial charge in [0.1, 0.15) is 10.8 Å². The maximum Gasteiger partial charge on any atom is 0.153 e. The van der Waals surface area contributed by atoms with E-state index in [0.29, 0.717) is 23.6 Å². The number of aliphatic hydroxyl groups excluding tert-OH is 1. The van der Waals surface area contributed by atoms with Gasteiger partial charge in [0.15, 0.2) is 9.84 Å². The van der Waals surface area contributed by atoms with E-state index in [2.05, 4.69) is 16.9 Å². The predicted octanol–water partition coefficient (Wildman–Crippen LogP) is 1.67. The Morgan fingerprint density at radius 3 is 2.62 bits per heavy atom. The lowest BCUT2D eigenvalue weighted by atomic mass is 9.86. The van der Waals surface area contributed by atoms with E-state index >= 15 is 0 Å². The Labute approximate surface area is 130 Å². The summed E-state index contributed by atoms with van der Waals surface area (Å²) in [5, 5.41) is 11.8. The molecule has 2 rings (SSSR count). The van der Waals surface area contributed by atoms with E-state index in [0.717, 1.165) is 37.9 Å². The molecule has 1 aromatic heterocycles. The normalized spacial score (nSPS) is 23.6. The number of aliphatic hydroxyl groups is 1. The Bertz CT molecular complexity index is 548. The summed E-state index contributed by atoms with van der Waals surface area (Å²) in [5.41, 5.74) is 0.949. The van der Waals surface area contributed by atoms with Crippen molar-refractivity contribution in [2.24, 2.45) is 5.92 Å². The van der Waals surface area contributed by atoms with Gasteiger partial charge in [-0.2, -0.15) is 0 Å². The molecular weight excluding hydrogens is 308 g/mol. The fourth-order valence-electron chi connectivity index (χ4n) is 2.86. The third-order valence-electron chi connectivity index (χ3n) is 4.09. The van der Waals surface area contributed by atoms with Crippen molar-refractivity contribution < 1.29 is 13.5 Å². The number of aromatic nitrogens is 1. The van der Waals surface area contributed by atoms with Crippen LogP contribution in [0.15, 0.2) is 5.38 Å². The molecule has 5 nitrogen and oxygen atoms in total. The highest BCUT2D eigenvalue weighted by molar-refractivity contribution is 7.90. The molecule has 0 unspecified atom stereocenters. The molecule has 1 fully saturated rings. The molecule has 1 aliphatic rings. The molecule has 0 aromatic carbocycles. The molecule has 0 aliphatic heterocycles. The van der Waals surface area contributed by atoms with Crippen LogP contribution in [-0.2, 0) is 22.1 Å². The number of hydrogen-bond acceptors (Lipinski definition) is 6. The quantitative estimate of drug-likeness (QED) is 0.858. The number of hydrogen-bond donors (Lipinski definition) is 1. The second kappa shape index (κ2) is 7.17. The van der Waals surface area contributed by atoms with Crippen LogP contribution >= 0.6 is 11.3 Å². The van der Waals surface area contributed by atoms with E-state index in [-0.39, 0.29) is 5.75 Å². The van der Waals surface area contributed by atoms with E-state index in [1.807, 2.05) is 5.38 Å².